The molecule has 2 aromatic rings. The molecule has 1 heterocycles. The van der Waals surface area contributed by atoms with Gasteiger partial charge in [0.05, 0.1) is 10.4 Å². The Morgan fingerprint density at radius 1 is 1.00 bits per heavy atom. The second-order valence-corrected chi connectivity index (χ2v) is 8.17. The lowest BCUT2D eigenvalue weighted by molar-refractivity contribution is -0.124. The van der Waals surface area contributed by atoms with Crippen LogP contribution >= 0.6 is 11.3 Å². The van der Waals surface area contributed by atoms with Crippen LogP contribution in [0.5, 0.6) is 0 Å². The highest BCUT2D eigenvalue weighted by Crippen LogP contribution is 2.19. The van der Waals surface area contributed by atoms with E-state index in [0.29, 0.717) is 10.8 Å². The van der Waals surface area contributed by atoms with Crippen molar-refractivity contribution in [1.82, 2.24) is 5.32 Å². The molecule has 1 amide bonds. The van der Waals surface area contributed by atoms with Gasteiger partial charge in [0, 0.05) is 11.6 Å². The Bertz CT molecular complexity index is 799. The number of ketones is 1. The molecule has 0 saturated carbocycles. The molecule has 1 unspecified atom stereocenters. The number of nitrogens with one attached hydrogen (secondary N) is 1. The van der Waals surface area contributed by atoms with E-state index in [-0.39, 0.29) is 35.5 Å². The number of esters is 1. The first kappa shape index (κ1) is 21.8. The highest BCUT2D eigenvalue weighted by Gasteiger charge is 2.20. The van der Waals surface area contributed by atoms with Crippen molar-refractivity contribution in [3.8, 4) is 0 Å². The van der Waals surface area contributed by atoms with Crippen molar-refractivity contribution >= 4 is 29.0 Å². The van der Waals surface area contributed by atoms with Gasteiger partial charge in [-0.05, 0) is 36.8 Å². The minimum absolute atomic E-state index is 0.0256. The molecule has 28 heavy (non-hydrogen) atoms. The fraction of sp³-hybridized carbons (Fsp3) is 0.409. The van der Waals surface area contributed by atoms with Gasteiger partial charge in [-0.15, -0.1) is 11.3 Å². The summed E-state index contributed by atoms with van der Waals surface area (Å²) in [4.78, 5) is 37.6. The molecular weight excluding hydrogens is 374 g/mol. The number of thiophene rings is 1. The molecule has 0 aliphatic rings. The number of hydrogen-bond donors (Lipinski definition) is 1. The lowest BCUT2D eigenvalue weighted by Crippen LogP contribution is -2.36. The Balaban J connectivity index is 1.90. The van der Waals surface area contributed by atoms with Gasteiger partial charge >= 0.3 is 5.97 Å². The van der Waals surface area contributed by atoms with E-state index in [1.54, 1.807) is 35.7 Å². The molecule has 2 rings (SSSR count). The van der Waals surface area contributed by atoms with Crippen LogP contribution in [0.3, 0.4) is 0 Å². The Morgan fingerprint density at radius 3 is 2.36 bits per heavy atom. The summed E-state index contributed by atoms with van der Waals surface area (Å²) in [7, 11) is 0. The molecule has 1 aromatic heterocycles. The Kier molecular flexibility index (Phi) is 8.39. The molecule has 5 nitrogen and oxygen atoms in total. The predicted octanol–water partition coefficient (Wildman–Crippen LogP) is 4.47. The number of hydrogen-bond acceptors (Lipinski definition) is 5. The van der Waals surface area contributed by atoms with Crippen LogP contribution in [0.2, 0.25) is 0 Å². The van der Waals surface area contributed by atoms with Crippen molar-refractivity contribution in [1.29, 1.82) is 0 Å². The third-order valence-electron chi connectivity index (χ3n) is 4.30. The van der Waals surface area contributed by atoms with Crippen molar-refractivity contribution < 1.29 is 19.1 Å². The van der Waals surface area contributed by atoms with Crippen LogP contribution in [-0.4, -0.2) is 30.3 Å². The SMILES string of the molecule is CC(C)CCCC(C)NC(=O)COC(=O)c1ccccc1C(=O)c1cccs1. The summed E-state index contributed by atoms with van der Waals surface area (Å²) >= 11 is 1.31. The molecule has 1 aromatic carbocycles. The van der Waals surface area contributed by atoms with Gasteiger partial charge in [-0.1, -0.05) is 51.0 Å². The quantitative estimate of drug-likeness (QED) is 0.471. The molecule has 0 saturated heterocycles. The van der Waals surface area contributed by atoms with Crippen molar-refractivity contribution in [2.45, 2.75) is 46.1 Å². The van der Waals surface area contributed by atoms with Crippen LogP contribution in [0.4, 0.5) is 0 Å². The molecule has 0 aliphatic heterocycles. The second-order valence-electron chi connectivity index (χ2n) is 7.22. The maximum Gasteiger partial charge on any atom is 0.339 e. The van der Waals surface area contributed by atoms with Gasteiger partial charge in [-0.2, -0.15) is 0 Å². The lowest BCUT2D eigenvalue weighted by atomic mass is 10.0. The molecule has 0 spiro atoms. The third kappa shape index (κ3) is 6.60. The van der Waals surface area contributed by atoms with Gasteiger partial charge in [0.25, 0.3) is 5.91 Å². The second kappa shape index (κ2) is 10.8. The summed E-state index contributed by atoms with van der Waals surface area (Å²) in [5, 5.41) is 4.65. The highest BCUT2D eigenvalue weighted by atomic mass is 32.1. The van der Waals surface area contributed by atoms with Gasteiger partial charge in [-0.3, -0.25) is 9.59 Å². The molecule has 1 atom stereocenters. The Labute approximate surface area is 170 Å². The third-order valence-corrected chi connectivity index (χ3v) is 5.17. The first-order valence-electron chi connectivity index (χ1n) is 9.52. The van der Waals surface area contributed by atoms with E-state index in [1.165, 1.54) is 17.4 Å². The standard InChI is InChI=1S/C22H27NO4S/c1-15(2)8-6-9-16(3)23-20(24)14-27-22(26)18-11-5-4-10-17(18)21(25)19-12-7-13-28-19/h4-5,7,10-13,15-16H,6,8-9,14H2,1-3H3,(H,23,24). The Hall–Kier alpha value is -2.47. The van der Waals surface area contributed by atoms with Crippen LogP contribution in [-0.2, 0) is 9.53 Å². The Morgan fingerprint density at radius 2 is 1.71 bits per heavy atom. The van der Waals surface area contributed by atoms with E-state index in [1.807, 2.05) is 6.92 Å². The lowest BCUT2D eigenvalue weighted by Gasteiger charge is -2.15. The maximum absolute atomic E-state index is 12.6. The molecule has 6 heteroatoms. The summed E-state index contributed by atoms with van der Waals surface area (Å²) in [5.74, 6) is -0.609. The maximum atomic E-state index is 12.6. The average molecular weight is 402 g/mol. The monoisotopic (exact) mass is 401 g/mol. The van der Waals surface area contributed by atoms with Crippen LogP contribution in [0, 0.1) is 5.92 Å². The first-order chi connectivity index (χ1) is 13.4. The number of ether oxygens (including phenoxy) is 1. The highest BCUT2D eigenvalue weighted by molar-refractivity contribution is 7.12. The van der Waals surface area contributed by atoms with Gasteiger partial charge in [0.15, 0.2) is 6.61 Å². The van der Waals surface area contributed by atoms with Gasteiger partial charge in [0.1, 0.15) is 0 Å². The number of amides is 1. The van der Waals surface area contributed by atoms with E-state index in [9.17, 15) is 14.4 Å². The number of benzene rings is 1. The summed E-state index contributed by atoms with van der Waals surface area (Å²) in [6, 6.07) is 10.0. The van der Waals surface area contributed by atoms with Crippen molar-refractivity contribution in [3.63, 3.8) is 0 Å². The van der Waals surface area contributed by atoms with Crippen LogP contribution in [0.15, 0.2) is 41.8 Å². The van der Waals surface area contributed by atoms with Crippen LogP contribution in [0.25, 0.3) is 0 Å². The van der Waals surface area contributed by atoms with Crippen molar-refractivity contribution in [3.05, 3.63) is 57.8 Å². The fourth-order valence-electron chi connectivity index (χ4n) is 2.83. The van der Waals surface area contributed by atoms with E-state index in [4.69, 9.17) is 4.74 Å². The largest absolute Gasteiger partial charge is 0.452 e. The minimum atomic E-state index is -0.678. The summed E-state index contributed by atoms with van der Waals surface area (Å²) < 4.78 is 5.14. The van der Waals surface area contributed by atoms with Gasteiger partial charge in [0.2, 0.25) is 5.78 Å². The van der Waals surface area contributed by atoms with Crippen LogP contribution < -0.4 is 5.32 Å². The zero-order chi connectivity index (χ0) is 20.5. The molecule has 1 N–H and O–H groups in total. The van der Waals surface area contributed by atoms with Crippen LogP contribution in [0.1, 0.15) is 65.6 Å². The molecule has 0 fully saturated rings. The molecule has 0 radical (unpaired) electrons. The zero-order valence-corrected chi connectivity index (χ0v) is 17.4. The van der Waals surface area contributed by atoms with E-state index >= 15 is 0 Å². The summed E-state index contributed by atoms with van der Waals surface area (Å²) in [5.41, 5.74) is 0.441. The molecule has 150 valence electrons. The number of rotatable bonds is 10. The number of carbonyl (C=O) groups excluding carboxylic acids is 3. The first-order valence-corrected chi connectivity index (χ1v) is 10.4. The smallest absolute Gasteiger partial charge is 0.339 e. The average Bonchev–Trinajstić information content (AvgIpc) is 3.20. The fourth-order valence-corrected chi connectivity index (χ4v) is 3.51. The predicted molar refractivity (Wildman–Crippen MR) is 111 cm³/mol. The summed E-state index contributed by atoms with van der Waals surface area (Å²) in [6.07, 6.45) is 3.04. The van der Waals surface area contributed by atoms with Gasteiger partial charge in [-0.25, -0.2) is 4.79 Å². The van der Waals surface area contributed by atoms with E-state index < -0.39 is 5.97 Å². The van der Waals surface area contributed by atoms with E-state index in [0.717, 1.165) is 19.3 Å². The normalized spacial score (nSPS) is 11.9. The van der Waals surface area contributed by atoms with Crippen molar-refractivity contribution in [2.24, 2.45) is 5.92 Å². The number of carbonyl (C=O) groups is 3. The minimum Gasteiger partial charge on any atom is -0.452 e. The van der Waals surface area contributed by atoms with Gasteiger partial charge < -0.3 is 10.1 Å². The molecule has 0 aliphatic carbocycles. The topological polar surface area (TPSA) is 72.5 Å². The van der Waals surface area contributed by atoms with E-state index in [2.05, 4.69) is 19.2 Å². The zero-order valence-electron chi connectivity index (χ0n) is 16.6. The molecule has 0 bridgehead atoms. The molecular formula is C22H27NO4S. The van der Waals surface area contributed by atoms with Crippen molar-refractivity contribution in [2.75, 3.05) is 6.61 Å². The summed E-state index contributed by atoms with van der Waals surface area (Å²) in [6.45, 7) is 5.91.